The fourth-order valence-electron chi connectivity index (χ4n) is 14.5. The first kappa shape index (κ1) is 93.1. The van der Waals surface area contributed by atoms with Gasteiger partial charge in [0.15, 0.2) is 50.3 Å². The van der Waals surface area contributed by atoms with Crippen LogP contribution in [-0.4, -0.2) is 484 Å². The molecule has 0 aromatic heterocycles. The van der Waals surface area contributed by atoms with E-state index in [1.807, 2.05) is 0 Å². The second-order valence-electron chi connectivity index (χ2n) is 28.9. The molecule has 9 aliphatic rings. The molecule has 9 fully saturated rings. The summed E-state index contributed by atoms with van der Waals surface area (Å²) in [5.74, 6) is -7.94. The zero-order chi connectivity index (χ0) is 83.6. The zero-order valence-corrected chi connectivity index (χ0v) is 60.8. The molecule has 0 saturated carbocycles. The molecule has 0 radical (unpaired) electrons. The fraction of sp³-hybridized carbons (Fsp3) is 0.937. The minimum atomic E-state index is -3.07. The predicted octanol–water partition coefficient (Wildman–Crippen LogP) is -18.9. The standard InChI is InChI=1S/C63H105N3O47/c1-14-30(77)37(84)43(90)57(99-14)110-51-29(66-18(5)74)55(103-24(11-71)49(51)109-61-53(40(87)33(80)21(8-68)102-61)112-58-44(91)38(85)31(78)15(2)100-58)97-12-25-35(82)52(46(93)60(105-25)108-48-22(9-69)101-54(94)42(89)41(48)88)111-56-28(65-17(4)73)36(83)47(23(10-70)104-56)107-59-45(92)39(86)34(81)26(106-59)13-98-63(62(95)96)6-19(75)27(64-16(3)72)50(113-63)32(79)20(76)7-67/h14-15,19-61,67-71,75-94H,6-13H2,1-5H3,(H,64,72)(H,65,73)(H,66,74)(H,95,96)/t14-,15-,19-,20+,21+,22+,23+,24+,25+,26+,27+,28+,29+,30+,31+,32+,33-,34-,35-,36+,37+,38+,39-,40-,41+,42+,43-,44-,45+,46+,47+,48+,49+,50+,51+,52-,53+,54+,55+,56-,57-,58-,59-,60-,61-,63-/m0/s1. The Balaban J connectivity index is 1.01. The summed E-state index contributed by atoms with van der Waals surface area (Å²) in [5, 5.41) is 293. The molecule has 0 aromatic rings. The summed E-state index contributed by atoms with van der Waals surface area (Å²) in [5.41, 5.74) is 0. The van der Waals surface area contributed by atoms with E-state index in [4.69, 9.17) is 80.5 Å². The molecule has 0 unspecified atom stereocenters. The SMILES string of the molecule is CC(=O)N[C@H]1[C@H](O[C@H]2[C@@H](O)[C@@H](CO[C@@H]3O[C@H](CO)[C@@H](O[C@@H]4O[C@H](CO)[C@H](O)[C@H](O)[C@H]4O[C@@H]4O[C@@H](C)[C@@H](O)[C@@H](O)[C@@H]4O)[C@H](O[C@@H]4O[C@@H](C)[C@@H](O)[C@@H](O)[C@@H]4O)[C@H]3NC(C)=O)O[C@@H](O[C@H]3[C@H](O)[C@@H](O)[C@H](O)O[C@@H]3CO)[C@@H]2O)O[C@H](CO)[C@@H](O[C@@H]2O[C@H](CO[C@@]3(C(=O)O)C[C@H](O)[C@@H](NC(C)=O)[C@H]([C@H](O)[C@H](O)CO)O3)[C@H](O)[C@H](O)[C@H]2O)[C@@H]1O. The van der Waals surface area contributed by atoms with Crippen molar-refractivity contribution >= 4 is 23.7 Å². The number of carbonyl (C=O) groups is 4. The van der Waals surface area contributed by atoms with Gasteiger partial charge in [0, 0.05) is 27.2 Å². The summed E-state index contributed by atoms with van der Waals surface area (Å²) in [7, 11) is 0. The second-order valence-corrected chi connectivity index (χ2v) is 28.9. The molecular weight excluding hydrogens is 1550 g/mol. The maximum atomic E-state index is 13.5. The Bertz CT molecular complexity index is 3040. The highest BCUT2D eigenvalue weighted by atomic mass is 16.8. The molecule has 9 aliphatic heterocycles. The van der Waals surface area contributed by atoms with Gasteiger partial charge in [-0.2, -0.15) is 0 Å². The van der Waals surface area contributed by atoms with Crippen LogP contribution < -0.4 is 16.0 Å². The normalized spacial score (nSPS) is 49.2. The van der Waals surface area contributed by atoms with E-state index in [1.165, 1.54) is 13.8 Å². The lowest BCUT2D eigenvalue weighted by atomic mass is 9.88. The third-order valence-corrected chi connectivity index (χ3v) is 20.8. The van der Waals surface area contributed by atoms with Crippen LogP contribution >= 0.6 is 0 Å². The van der Waals surface area contributed by atoms with Gasteiger partial charge in [-0.1, -0.05) is 0 Å². The molecule has 9 rings (SSSR count). The van der Waals surface area contributed by atoms with Gasteiger partial charge in [-0.25, -0.2) is 4.79 Å². The number of hydrogen-bond acceptors (Lipinski definition) is 46. The largest absolute Gasteiger partial charge is 0.477 e. The Morgan fingerprint density at radius 1 is 0.381 bits per heavy atom. The van der Waals surface area contributed by atoms with E-state index in [0.29, 0.717) is 0 Å². The van der Waals surface area contributed by atoms with Crippen molar-refractivity contribution in [3.63, 3.8) is 0 Å². The summed E-state index contributed by atoms with van der Waals surface area (Å²) in [6.07, 6.45) is -88.3. The highest BCUT2D eigenvalue weighted by Crippen LogP contribution is 2.41. The number of carbonyl (C=O) groups excluding carboxylic acids is 3. The van der Waals surface area contributed by atoms with Crippen LogP contribution in [0.15, 0.2) is 0 Å². The minimum absolute atomic E-state index is 0.833. The first-order valence-electron chi connectivity index (χ1n) is 36.0. The molecule has 9 saturated heterocycles. The monoisotopic (exact) mass is 1660 g/mol. The van der Waals surface area contributed by atoms with Gasteiger partial charge in [0.25, 0.3) is 5.79 Å². The van der Waals surface area contributed by atoms with E-state index < -0.39 is 358 Å². The number of carboxylic acids is 1. The molecule has 0 spiro atoms. The summed E-state index contributed by atoms with van der Waals surface area (Å²) >= 11 is 0. The van der Waals surface area contributed by atoms with Gasteiger partial charge in [-0.3, -0.25) is 14.4 Å². The molecule has 0 bridgehead atoms. The van der Waals surface area contributed by atoms with Crippen molar-refractivity contribution in [2.24, 2.45) is 0 Å². The average molecular weight is 1660 g/mol. The Labute approximate surface area is 639 Å². The van der Waals surface area contributed by atoms with Crippen molar-refractivity contribution in [2.45, 2.75) is 323 Å². The predicted molar refractivity (Wildman–Crippen MR) is 346 cm³/mol. The molecule has 29 N–H and O–H groups in total. The van der Waals surface area contributed by atoms with Crippen molar-refractivity contribution in [1.82, 2.24) is 16.0 Å². The van der Waals surface area contributed by atoms with E-state index in [2.05, 4.69) is 16.0 Å². The van der Waals surface area contributed by atoms with Crippen molar-refractivity contribution in [2.75, 3.05) is 46.2 Å². The Hall–Kier alpha value is -3.80. The van der Waals surface area contributed by atoms with E-state index in [1.54, 1.807) is 0 Å². The van der Waals surface area contributed by atoms with Crippen LogP contribution in [0.25, 0.3) is 0 Å². The highest BCUT2D eigenvalue weighted by Gasteiger charge is 2.62. The molecule has 0 aliphatic carbocycles. The molecule has 3 amide bonds. The first-order chi connectivity index (χ1) is 53.2. The lowest BCUT2D eigenvalue weighted by Crippen LogP contribution is -2.71. The molecule has 9 heterocycles. The van der Waals surface area contributed by atoms with Crippen LogP contribution in [0.2, 0.25) is 0 Å². The highest BCUT2D eigenvalue weighted by molar-refractivity contribution is 5.77. The van der Waals surface area contributed by atoms with Crippen LogP contribution in [0.1, 0.15) is 41.0 Å². The Kier molecular flexibility index (Phi) is 32.6. The quantitative estimate of drug-likeness (QED) is 0.0331. The number of aliphatic hydroxyl groups is 25. The number of hydrogen-bond donors (Lipinski definition) is 29. The number of amides is 3. The van der Waals surface area contributed by atoms with Crippen LogP contribution in [0.5, 0.6) is 0 Å². The third-order valence-electron chi connectivity index (χ3n) is 20.8. The molecule has 50 nitrogen and oxygen atoms in total. The van der Waals surface area contributed by atoms with Crippen molar-refractivity contribution in [3.05, 3.63) is 0 Å². The molecule has 654 valence electrons. The van der Waals surface area contributed by atoms with Crippen LogP contribution in [0.3, 0.4) is 0 Å². The van der Waals surface area contributed by atoms with Crippen LogP contribution in [0.4, 0.5) is 0 Å². The lowest BCUT2D eigenvalue weighted by molar-refractivity contribution is -0.396. The third kappa shape index (κ3) is 20.3. The Morgan fingerprint density at radius 2 is 0.788 bits per heavy atom. The number of nitrogens with one attached hydrogen (secondary N) is 3. The molecule has 50 heteroatoms. The van der Waals surface area contributed by atoms with Crippen LogP contribution in [-0.2, 0) is 99.7 Å². The van der Waals surface area contributed by atoms with E-state index >= 15 is 0 Å². The first-order valence-corrected chi connectivity index (χ1v) is 36.0. The van der Waals surface area contributed by atoms with Crippen molar-refractivity contribution in [3.8, 4) is 0 Å². The van der Waals surface area contributed by atoms with Crippen molar-refractivity contribution < 1.29 is 232 Å². The number of rotatable bonds is 29. The maximum absolute atomic E-state index is 13.5. The number of aliphatic carboxylic acids is 1. The molecule has 46 atom stereocenters. The van der Waals surface area contributed by atoms with Gasteiger partial charge in [0.05, 0.1) is 70.6 Å². The van der Waals surface area contributed by atoms with E-state index in [-0.39, 0.29) is 0 Å². The summed E-state index contributed by atoms with van der Waals surface area (Å²) in [4.78, 5) is 51.7. The number of aliphatic hydroxyl groups excluding tert-OH is 25. The minimum Gasteiger partial charge on any atom is -0.477 e. The van der Waals surface area contributed by atoms with Gasteiger partial charge >= 0.3 is 5.97 Å². The number of carboxylic acid groups (broad SMARTS) is 1. The van der Waals surface area contributed by atoms with Gasteiger partial charge in [-0.05, 0) is 13.8 Å². The zero-order valence-electron chi connectivity index (χ0n) is 60.8. The van der Waals surface area contributed by atoms with E-state index in [9.17, 15) is 152 Å². The number of ether oxygens (including phenoxy) is 17. The lowest BCUT2D eigenvalue weighted by Gasteiger charge is -2.51. The van der Waals surface area contributed by atoms with E-state index in [0.717, 1.165) is 20.8 Å². The average Bonchev–Trinajstić information content (AvgIpc) is 0.771. The molecular formula is C63H105N3O47. The summed E-state index contributed by atoms with van der Waals surface area (Å²) < 4.78 is 101. The topological polar surface area (TPSA) is 787 Å². The van der Waals surface area contributed by atoms with Gasteiger partial charge in [0.1, 0.15) is 201 Å². The maximum Gasteiger partial charge on any atom is 0.364 e. The summed E-state index contributed by atoms with van der Waals surface area (Å²) in [6.45, 7) is -2.81. The van der Waals surface area contributed by atoms with Gasteiger partial charge < -0.3 is 229 Å². The fourth-order valence-corrected chi connectivity index (χ4v) is 14.5. The van der Waals surface area contributed by atoms with Gasteiger partial charge in [0.2, 0.25) is 17.7 Å². The van der Waals surface area contributed by atoms with Crippen molar-refractivity contribution in [1.29, 1.82) is 0 Å². The van der Waals surface area contributed by atoms with Gasteiger partial charge in [-0.15, -0.1) is 0 Å². The summed E-state index contributed by atoms with van der Waals surface area (Å²) in [6, 6.07) is -5.68. The molecule has 0 aromatic carbocycles. The smallest absolute Gasteiger partial charge is 0.364 e. The van der Waals surface area contributed by atoms with Crippen LogP contribution in [0, 0.1) is 0 Å². The Morgan fingerprint density at radius 3 is 1.32 bits per heavy atom. The molecule has 113 heavy (non-hydrogen) atoms. The second kappa shape index (κ2) is 39.6.